The minimum atomic E-state index is -0.903. The van der Waals surface area contributed by atoms with Crippen LogP contribution in [0.4, 0.5) is 5.69 Å². The Hall–Kier alpha value is -5.14. The number of aliphatic hydroxyl groups excluding tert-OH is 1. The zero-order valence-electron chi connectivity index (χ0n) is 23.1. The monoisotopic (exact) mass is 549 g/mol. The highest BCUT2D eigenvalue weighted by Crippen LogP contribution is 2.27. The summed E-state index contributed by atoms with van der Waals surface area (Å²) in [6.45, 7) is 12.3. The molecule has 208 valence electrons. The van der Waals surface area contributed by atoms with Gasteiger partial charge in [0, 0.05) is 11.1 Å². The van der Waals surface area contributed by atoms with E-state index >= 15 is 0 Å². The van der Waals surface area contributed by atoms with Crippen molar-refractivity contribution >= 4 is 23.2 Å². The molecule has 0 aliphatic carbocycles. The Kier molecular flexibility index (Phi) is 12.1. The van der Waals surface area contributed by atoms with Gasteiger partial charge in [0.25, 0.3) is 0 Å². The molecule has 4 N–H and O–H groups in total. The number of hydrogen-bond donors (Lipinski definition) is 3. The molecule has 0 aromatic heterocycles. The number of Topliss-reactive ketones (excluding diaryl/α,β-unsaturated/α-hetero) is 2. The van der Waals surface area contributed by atoms with Gasteiger partial charge in [-0.2, -0.15) is 10.5 Å². The molecule has 41 heavy (non-hydrogen) atoms. The second kappa shape index (κ2) is 15.5. The van der Waals surface area contributed by atoms with Crippen LogP contribution in [0.25, 0.3) is 4.85 Å². The second-order valence-corrected chi connectivity index (χ2v) is 9.30. The van der Waals surface area contributed by atoms with Gasteiger partial charge in [0.05, 0.1) is 54.9 Å². The minimum Gasteiger partial charge on any atom is -0.393 e. The summed E-state index contributed by atoms with van der Waals surface area (Å²) in [4.78, 5) is 39.4. The van der Waals surface area contributed by atoms with Gasteiger partial charge in [-0.05, 0) is 62.6 Å². The number of ketones is 2. The lowest BCUT2D eigenvalue weighted by molar-refractivity contribution is -0.127. The predicted molar refractivity (Wildman–Crippen MR) is 154 cm³/mol. The van der Waals surface area contributed by atoms with Gasteiger partial charge in [0.2, 0.25) is 5.91 Å². The standard InChI is InChI=1S/C23H23N3O3.C9H8N2O/c1-14-15(2)21(25-4)10-9-19(14)11-20(16(3)27)23(29)26-13-22(28)18-7-5-17(12-24)6-8-18;10-5-7-1-3-8(4-2-7)9(12)6-11/h5-10,16,20,27H,11,13H2,1-3H3,(H,26,29);1-4H,6,11H2/t16-,20+;/m0./s1. The van der Waals surface area contributed by atoms with Crippen LogP contribution in [-0.4, -0.2) is 41.8 Å². The van der Waals surface area contributed by atoms with Crippen LogP contribution in [0.2, 0.25) is 0 Å². The predicted octanol–water partition coefficient (Wildman–Crippen LogP) is 3.96. The number of nitrogens with one attached hydrogen (secondary N) is 1. The Morgan fingerprint density at radius 3 is 1.85 bits per heavy atom. The van der Waals surface area contributed by atoms with Crippen molar-refractivity contribution in [1.82, 2.24) is 5.32 Å². The third kappa shape index (κ3) is 8.95. The van der Waals surface area contributed by atoms with Crippen molar-refractivity contribution in [1.29, 1.82) is 10.5 Å². The van der Waals surface area contributed by atoms with Gasteiger partial charge in [0.1, 0.15) is 0 Å². The SMILES string of the molecule is N#Cc1ccc(C(=O)CN)cc1.[C-]#[N+]c1ccc(C[C@@H](C(=O)NCC(=O)c2ccc(C#N)cc2)[C@H](C)O)c(C)c1C. The van der Waals surface area contributed by atoms with Gasteiger partial charge in [-0.15, -0.1) is 0 Å². The van der Waals surface area contributed by atoms with Crippen molar-refractivity contribution in [3.05, 3.63) is 111 Å². The molecule has 0 saturated heterocycles. The maximum Gasteiger partial charge on any atom is 0.226 e. The van der Waals surface area contributed by atoms with Crippen molar-refractivity contribution < 1.29 is 19.5 Å². The topological polar surface area (TPSA) is 161 Å². The molecule has 0 aliphatic rings. The number of aliphatic hydroxyl groups is 1. The molecule has 1 amide bonds. The number of nitriles is 2. The van der Waals surface area contributed by atoms with E-state index in [9.17, 15) is 19.5 Å². The number of amides is 1. The Bertz CT molecular complexity index is 1520. The van der Waals surface area contributed by atoms with Gasteiger partial charge in [-0.25, -0.2) is 4.85 Å². The average molecular weight is 550 g/mol. The molecule has 9 heteroatoms. The summed E-state index contributed by atoms with van der Waals surface area (Å²) in [6.07, 6.45) is -0.597. The summed E-state index contributed by atoms with van der Waals surface area (Å²) >= 11 is 0. The van der Waals surface area contributed by atoms with Crippen molar-refractivity contribution in [2.75, 3.05) is 13.1 Å². The fraction of sp³-hybridized carbons (Fsp3) is 0.250. The van der Waals surface area contributed by atoms with E-state index < -0.39 is 17.9 Å². The molecule has 9 nitrogen and oxygen atoms in total. The molecule has 3 aromatic carbocycles. The maximum absolute atomic E-state index is 12.6. The maximum atomic E-state index is 12.6. The number of carbonyl (C=O) groups excluding carboxylic acids is 3. The normalized spacial score (nSPS) is 11.4. The molecule has 0 bridgehead atoms. The van der Waals surface area contributed by atoms with Crippen LogP contribution < -0.4 is 11.1 Å². The second-order valence-electron chi connectivity index (χ2n) is 9.30. The van der Waals surface area contributed by atoms with Gasteiger partial charge in [-0.3, -0.25) is 14.4 Å². The van der Waals surface area contributed by atoms with E-state index in [0.717, 1.165) is 16.7 Å². The van der Waals surface area contributed by atoms with Crippen LogP contribution in [0.5, 0.6) is 0 Å². The Balaban J connectivity index is 0.000000408. The Morgan fingerprint density at radius 1 is 0.902 bits per heavy atom. The summed E-state index contributed by atoms with van der Waals surface area (Å²) in [6, 6.07) is 20.1. The minimum absolute atomic E-state index is 0.00585. The summed E-state index contributed by atoms with van der Waals surface area (Å²) in [5.74, 6) is -1.52. The van der Waals surface area contributed by atoms with Crippen LogP contribution in [0, 0.1) is 49.0 Å². The fourth-order valence-corrected chi connectivity index (χ4v) is 3.90. The molecule has 0 fully saturated rings. The number of rotatable bonds is 9. The molecule has 0 spiro atoms. The zero-order chi connectivity index (χ0) is 30.5. The number of nitrogens with two attached hydrogens (primary N) is 1. The van der Waals surface area contributed by atoms with Gasteiger partial charge >= 0.3 is 0 Å². The van der Waals surface area contributed by atoms with E-state index in [-0.39, 0.29) is 24.7 Å². The van der Waals surface area contributed by atoms with E-state index in [1.165, 1.54) is 0 Å². The molecule has 3 rings (SSSR count). The highest BCUT2D eigenvalue weighted by Gasteiger charge is 2.25. The number of benzene rings is 3. The summed E-state index contributed by atoms with van der Waals surface area (Å²) < 4.78 is 0. The molecular weight excluding hydrogens is 518 g/mol. The lowest BCUT2D eigenvalue weighted by Gasteiger charge is -2.21. The molecule has 0 radical (unpaired) electrons. The van der Waals surface area contributed by atoms with Crippen LogP contribution in [-0.2, 0) is 11.2 Å². The van der Waals surface area contributed by atoms with Crippen molar-refractivity contribution in [3.8, 4) is 12.1 Å². The van der Waals surface area contributed by atoms with Gasteiger partial charge in [0.15, 0.2) is 17.3 Å². The highest BCUT2D eigenvalue weighted by molar-refractivity contribution is 5.99. The number of carbonyl (C=O) groups is 3. The van der Waals surface area contributed by atoms with Gasteiger partial charge < -0.3 is 16.2 Å². The highest BCUT2D eigenvalue weighted by atomic mass is 16.3. The lowest BCUT2D eigenvalue weighted by atomic mass is 9.89. The van der Waals surface area contributed by atoms with E-state index in [1.54, 1.807) is 67.6 Å². The van der Waals surface area contributed by atoms with E-state index in [2.05, 4.69) is 10.2 Å². The Labute approximate surface area is 239 Å². The first-order valence-electron chi connectivity index (χ1n) is 12.7. The summed E-state index contributed by atoms with van der Waals surface area (Å²) in [5, 5.41) is 30.0. The molecular formula is C32H31N5O4. The van der Waals surface area contributed by atoms with Crippen LogP contribution in [0.15, 0.2) is 60.7 Å². The quantitative estimate of drug-likeness (QED) is 0.269. The lowest BCUT2D eigenvalue weighted by Crippen LogP contribution is -2.40. The third-order valence-corrected chi connectivity index (χ3v) is 6.63. The number of nitrogens with zero attached hydrogens (tertiary/aromatic N) is 3. The first kappa shape index (κ1) is 32.1. The summed E-state index contributed by atoms with van der Waals surface area (Å²) in [7, 11) is 0. The summed E-state index contributed by atoms with van der Waals surface area (Å²) in [5.41, 5.74) is 10.3. The first-order chi connectivity index (χ1) is 19.6. The van der Waals surface area contributed by atoms with Crippen molar-refractivity contribution in [2.45, 2.75) is 33.3 Å². The number of hydrogen-bond acceptors (Lipinski definition) is 7. The third-order valence-electron chi connectivity index (χ3n) is 6.63. The van der Waals surface area contributed by atoms with E-state index in [4.69, 9.17) is 22.8 Å². The van der Waals surface area contributed by atoms with Gasteiger partial charge in [-0.1, -0.05) is 42.0 Å². The molecule has 3 aromatic rings. The molecule has 2 atom stereocenters. The average Bonchev–Trinajstić information content (AvgIpc) is 3.00. The fourth-order valence-electron chi connectivity index (χ4n) is 3.90. The zero-order valence-corrected chi connectivity index (χ0v) is 23.1. The molecule has 0 unspecified atom stereocenters. The molecule has 0 saturated carbocycles. The largest absolute Gasteiger partial charge is 0.393 e. The molecule has 0 aliphatic heterocycles. The van der Waals surface area contributed by atoms with Crippen molar-refractivity contribution in [2.24, 2.45) is 11.7 Å². The van der Waals surface area contributed by atoms with E-state index in [1.807, 2.05) is 26.0 Å². The Morgan fingerprint density at radius 2 is 1.41 bits per heavy atom. The van der Waals surface area contributed by atoms with Crippen LogP contribution in [0.3, 0.4) is 0 Å². The van der Waals surface area contributed by atoms with Crippen LogP contribution in [0.1, 0.15) is 55.5 Å². The van der Waals surface area contributed by atoms with Crippen molar-refractivity contribution in [3.63, 3.8) is 0 Å². The van der Waals surface area contributed by atoms with E-state index in [0.29, 0.717) is 34.4 Å². The smallest absolute Gasteiger partial charge is 0.226 e. The molecule has 0 heterocycles. The van der Waals surface area contributed by atoms with Crippen LogP contribution >= 0.6 is 0 Å². The first-order valence-corrected chi connectivity index (χ1v) is 12.7.